The van der Waals surface area contributed by atoms with E-state index in [0.29, 0.717) is 17.1 Å². The minimum absolute atomic E-state index is 0.00528. The number of hydrogen-bond donors (Lipinski definition) is 0. The molecular weight excluding hydrogens is 327 g/mol. The number of halogens is 3. The maximum absolute atomic E-state index is 13.2. The van der Waals surface area contributed by atoms with Gasteiger partial charge in [-0.2, -0.15) is 17.5 Å². The van der Waals surface area contributed by atoms with Gasteiger partial charge in [-0.05, 0) is 61.8 Å². The van der Waals surface area contributed by atoms with E-state index in [1.165, 1.54) is 6.07 Å². The molecule has 3 rings (SSSR count). The molecule has 0 amide bonds. The molecule has 1 unspecified atom stereocenters. The van der Waals surface area contributed by atoms with Gasteiger partial charge in [0, 0.05) is 6.54 Å². The van der Waals surface area contributed by atoms with Gasteiger partial charge in [-0.25, -0.2) is 8.42 Å². The van der Waals surface area contributed by atoms with E-state index in [2.05, 4.69) is 0 Å². The van der Waals surface area contributed by atoms with Crippen LogP contribution in [0.15, 0.2) is 23.1 Å². The van der Waals surface area contributed by atoms with Crippen molar-refractivity contribution in [2.75, 3.05) is 6.54 Å². The lowest BCUT2D eigenvalue weighted by Gasteiger charge is -2.35. The first-order valence-corrected chi connectivity index (χ1v) is 9.44. The quantitative estimate of drug-likeness (QED) is 0.819. The van der Waals surface area contributed by atoms with Crippen LogP contribution in [0.5, 0.6) is 0 Å². The molecule has 1 aromatic rings. The van der Waals surface area contributed by atoms with E-state index >= 15 is 0 Å². The van der Waals surface area contributed by atoms with Crippen LogP contribution in [0.2, 0.25) is 0 Å². The summed E-state index contributed by atoms with van der Waals surface area (Å²) >= 11 is 0. The van der Waals surface area contributed by atoms with Crippen molar-refractivity contribution in [1.29, 1.82) is 0 Å². The maximum atomic E-state index is 13.2. The van der Waals surface area contributed by atoms with Crippen molar-refractivity contribution < 1.29 is 21.6 Å². The zero-order chi connectivity index (χ0) is 16.7. The third kappa shape index (κ3) is 3.26. The molecule has 1 atom stereocenters. The van der Waals surface area contributed by atoms with Crippen LogP contribution in [0.1, 0.15) is 43.2 Å². The first-order valence-electron chi connectivity index (χ1n) is 8.00. The molecule has 0 N–H and O–H groups in total. The number of rotatable bonds is 2. The summed E-state index contributed by atoms with van der Waals surface area (Å²) in [7, 11) is -4.11. The fourth-order valence-electron chi connectivity index (χ4n) is 3.53. The summed E-state index contributed by atoms with van der Waals surface area (Å²) in [4.78, 5) is -0.00528. The highest BCUT2D eigenvalue weighted by atomic mass is 32.2. The van der Waals surface area contributed by atoms with Crippen LogP contribution in [0.25, 0.3) is 0 Å². The molecule has 23 heavy (non-hydrogen) atoms. The first-order chi connectivity index (χ1) is 10.8. The van der Waals surface area contributed by atoms with Gasteiger partial charge in [0.05, 0.1) is 4.90 Å². The van der Waals surface area contributed by atoms with E-state index in [4.69, 9.17) is 0 Å². The average Bonchev–Trinajstić information content (AvgIpc) is 2.53. The summed E-state index contributed by atoms with van der Waals surface area (Å²) in [5, 5.41) is 0. The van der Waals surface area contributed by atoms with Gasteiger partial charge in [0.25, 0.3) is 0 Å². The van der Waals surface area contributed by atoms with E-state index in [9.17, 15) is 21.6 Å². The Balaban J connectivity index is 1.96. The smallest absolute Gasteiger partial charge is 0.207 e. The molecule has 1 aliphatic heterocycles. The summed E-state index contributed by atoms with van der Waals surface area (Å²) in [6.07, 6.45) is -0.0504. The number of nitrogens with zero attached hydrogens (tertiary/aromatic N) is 1. The van der Waals surface area contributed by atoms with Crippen molar-refractivity contribution in [1.82, 2.24) is 4.31 Å². The van der Waals surface area contributed by atoms with Gasteiger partial charge in [-0.15, -0.1) is 0 Å². The molecule has 0 bridgehead atoms. The fraction of sp³-hybridized carbons (Fsp3) is 0.625. The van der Waals surface area contributed by atoms with Crippen molar-refractivity contribution in [2.24, 2.45) is 0 Å². The molecule has 0 saturated carbocycles. The van der Waals surface area contributed by atoms with E-state index in [1.54, 1.807) is 12.1 Å². The van der Waals surface area contributed by atoms with E-state index < -0.39 is 22.2 Å². The van der Waals surface area contributed by atoms with Crippen LogP contribution in [0.3, 0.4) is 0 Å². The minimum atomic E-state index is -4.53. The third-order valence-electron chi connectivity index (χ3n) is 4.76. The Kier molecular flexibility index (Phi) is 4.44. The molecule has 1 heterocycles. The van der Waals surface area contributed by atoms with Crippen molar-refractivity contribution in [3.05, 3.63) is 29.3 Å². The molecule has 1 aliphatic carbocycles. The monoisotopic (exact) mass is 347 g/mol. The normalized spacial score (nSPS) is 23.5. The largest absolute Gasteiger partial charge is 0.405 e. The third-order valence-corrected chi connectivity index (χ3v) is 6.66. The molecule has 1 fully saturated rings. The Morgan fingerprint density at radius 1 is 1.00 bits per heavy atom. The summed E-state index contributed by atoms with van der Waals surface area (Å²) < 4.78 is 65.8. The van der Waals surface area contributed by atoms with Gasteiger partial charge in [-0.1, -0.05) is 12.5 Å². The number of alkyl halides is 3. The van der Waals surface area contributed by atoms with Crippen molar-refractivity contribution in [3.63, 3.8) is 0 Å². The van der Waals surface area contributed by atoms with Crippen LogP contribution >= 0.6 is 0 Å². The molecule has 128 valence electrons. The highest BCUT2D eigenvalue weighted by Gasteiger charge is 2.49. The lowest BCUT2D eigenvalue weighted by Crippen LogP contribution is -2.51. The zero-order valence-corrected chi connectivity index (χ0v) is 13.6. The number of fused-ring (bicyclic) bond motifs is 1. The average molecular weight is 347 g/mol. The Morgan fingerprint density at radius 2 is 1.70 bits per heavy atom. The number of hydrogen-bond acceptors (Lipinski definition) is 2. The van der Waals surface area contributed by atoms with Crippen molar-refractivity contribution >= 4 is 10.0 Å². The highest BCUT2D eigenvalue weighted by Crippen LogP contribution is 2.36. The number of aryl methyl sites for hydroxylation is 2. The van der Waals surface area contributed by atoms with Gasteiger partial charge in [-0.3, -0.25) is 0 Å². The molecule has 0 aromatic heterocycles. The van der Waals surface area contributed by atoms with Crippen LogP contribution in [0.4, 0.5) is 13.2 Å². The Labute approximate surface area is 134 Å². The number of piperidine rings is 1. The standard InChI is InChI=1S/C16H20F3NO2S/c17-16(18,19)15-7-3-4-10-20(15)23(21,22)14-9-8-12-5-1-2-6-13(12)11-14/h8-9,11,15H,1-7,10H2. The Morgan fingerprint density at radius 3 is 2.39 bits per heavy atom. The van der Waals surface area contributed by atoms with Crippen LogP contribution < -0.4 is 0 Å². The van der Waals surface area contributed by atoms with Crippen LogP contribution in [-0.2, 0) is 22.9 Å². The number of benzene rings is 1. The van der Waals surface area contributed by atoms with Gasteiger partial charge in [0.15, 0.2) is 0 Å². The van der Waals surface area contributed by atoms with Crippen LogP contribution in [0, 0.1) is 0 Å². The number of sulfonamides is 1. The predicted octanol–water partition coefficient (Wildman–Crippen LogP) is 3.67. The maximum Gasteiger partial charge on any atom is 0.405 e. The van der Waals surface area contributed by atoms with Gasteiger partial charge < -0.3 is 0 Å². The second kappa shape index (κ2) is 6.09. The second-order valence-electron chi connectivity index (χ2n) is 6.31. The minimum Gasteiger partial charge on any atom is -0.207 e. The van der Waals surface area contributed by atoms with Crippen molar-refractivity contribution in [3.8, 4) is 0 Å². The molecule has 1 aromatic carbocycles. The molecule has 2 aliphatic rings. The summed E-state index contributed by atoms with van der Waals surface area (Å²) in [5.41, 5.74) is 2.07. The Hall–Kier alpha value is -1.08. The van der Waals surface area contributed by atoms with E-state index in [-0.39, 0.29) is 17.9 Å². The molecular formula is C16H20F3NO2S. The molecule has 3 nitrogen and oxygen atoms in total. The SMILES string of the molecule is O=S(=O)(c1ccc2c(c1)CCCC2)N1CCCCC1C(F)(F)F. The molecule has 7 heteroatoms. The van der Waals surface area contributed by atoms with Gasteiger partial charge in [0.1, 0.15) is 6.04 Å². The molecule has 0 radical (unpaired) electrons. The lowest BCUT2D eigenvalue weighted by atomic mass is 9.92. The predicted molar refractivity (Wildman–Crippen MR) is 80.7 cm³/mol. The first kappa shape index (κ1) is 16.8. The lowest BCUT2D eigenvalue weighted by molar-refractivity contribution is -0.177. The highest BCUT2D eigenvalue weighted by molar-refractivity contribution is 7.89. The van der Waals surface area contributed by atoms with E-state index in [1.807, 2.05) is 0 Å². The van der Waals surface area contributed by atoms with Gasteiger partial charge in [0.2, 0.25) is 10.0 Å². The second-order valence-corrected chi connectivity index (χ2v) is 8.20. The van der Waals surface area contributed by atoms with Gasteiger partial charge >= 0.3 is 6.18 Å². The Bertz CT molecular complexity index is 685. The zero-order valence-electron chi connectivity index (χ0n) is 12.8. The topological polar surface area (TPSA) is 37.4 Å². The van der Waals surface area contributed by atoms with Crippen LogP contribution in [-0.4, -0.2) is 31.5 Å². The fourth-order valence-corrected chi connectivity index (χ4v) is 5.26. The summed E-state index contributed by atoms with van der Waals surface area (Å²) in [6.45, 7) is -0.0659. The van der Waals surface area contributed by atoms with Crippen molar-refractivity contribution in [2.45, 2.75) is 62.1 Å². The molecule has 0 spiro atoms. The summed E-state index contributed by atoms with van der Waals surface area (Å²) in [5.74, 6) is 0. The van der Waals surface area contributed by atoms with E-state index in [0.717, 1.165) is 36.8 Å². The molecule has 1 saturated heterocycles. The summed E-state index contributed by atoms with van der Waals surface area (Å²) in [6, 6.07) is 2.89.